The standard InChI is InChI=1S/C15H16N4O2S2/c1-3-21-14(20)9-7(2)17-13-11(12(16)18-15(22)19-13)10(9)8-5-4-6-23-8/h4-6,10H,3H2,1-2H3,(H4,16,17,18,19,22). The van der Waals surface area contributed by atoms with Crippen LogP contribution in [0.2, 0.25) is 0 Å². The zero-order valence-electron chi connectivity index (χ0n) is 12.7. The number of aromatic nitrogens is 2. The molecule has 120 valence electrons. The van der Waals surface area contributed by atoms with Crippen molar-refractivity contribution < 1.29 is 9.53 Å². The van der Waals surface area contributed by atoms with Gasteiger partial charge in [0, 0.05) is 16.1 Å². The molecule has 6 nitrogen and oxygen atoms in total. The van der Waals surface area contributed by atoms with Crippen LogP contribution in [0.25, 0.3) is 0 Å². The van der Waals surface area contributed by atoms with Crippen LogP contribution in [0, 0.1) is 4.77 Å². The maximum Gasteiger partial charge on any atom is 0.336 e. The third-order valence-corrected chi connectivity index (χ3v) is 4.74. The number of hydrogen-bond donors (Lipinski definition) is 3. The van der Waals surface area contributed by atoms with E-state index in [-0.39, 0.29) is 11.9 Å². The van der Waals surface area contributed by atoms with E-state index in [0.29, 0.717) is 34.3 Å². The van der Waals surface area contributed by atoms with Crippen LogP contribution in [0.15, 0.2) is 28.8 Å². The number of nitrogens with two attached hydrogens (primary N) is 1. The Bertz CT molecular complexity index is 840. The van der Waals surface area contributed by atoms with Gasteiger partial charge in [-0.1, -0.05) is 6.07 Å². The first-order valence-electron chi connectivity index (χ1n) is 7.11. The summed E-state index contributed by atoms with van der Waals surface area (Å²) in [6, 6.07) is 3.91. The van der Waals surface area contributed by atoms with Crippen LogP contribution in [0.4, 0.5) is 11.6 Å². The molecular formula is C15H16N4O2S2. The molecule has 2 aromatic heterocycles. The second kappa shape index (κ2) is 6.13. The summed E-state index contributed by atoms with van der Waals surface area (Å²) in [5.74, 6) is 0.295. The summed E-state index contributed by atoms with van der Waals surface area (Å²) >= 11 is 6.65. The minimum atomic E-state index is -0.358. The van der Waals surface area contributed by atoms with Crippen molar-refractivity contribution in [2.24, 2.45) is 0 Å². The van der Waals surface area contributed by atoms with Crippen LogP contribution < -0.4 is 11.1 Å². The van der Waals surface area contributed by atoms with Crippen LogP contribution in [0.5, 0.6) is 0 Å². The Morgan fingerprint density at radius 3 is 3.00 bits per heavy atom. The van der Waals surface area contributed by atoms with Crippen molar-refractivity contribution in [3.63, 3.8) is 0 Å². The van der Waals surface area contributed by atoms with E-state index in [4.69, 9.17) is 22.7 Å². The van der Waals surface area contributed by atoms with Crippen molar-refractivity contribution >= 4 is 41.2 Å². The van der Waals surface area contributed by atoms with Crippen molar-refractivity contribution in [3.8, 4) is 0 Å². The molecule has 0 saturated heterocycles. The molecule has 0 spiro atoms. The second-order valence-electron chi connectivity index (χ2n) is 5.05. The normalized spacial score (nSPS) is 16.7. The number of carbonyl (C=O) groups excluding carboxylic acids is 1. The lowest BCUT2D eigenvalue weighted by Crippen LogP contribution is -2.26. The summed E-state index contributed by atoms with van der Waals surface area (Å²) < 4.78 is 5.53. The highest BCUT2D eigenvalue weighted by Crippen LogP contribution is 2.44. The number of thiophene rings is 1. The van der Waals surface area contributed by atoms with E-state index < -0.39 is 0 Å². The molecule has 2 aromatic rings. The number of hydrogen-bond acceptors (Lipinski definition) is 7. The predicted octanol–water partition coefficient (Wildman–Crippen LogP) is 3.18. The summed E-state index contributed by atoms with van der Waals surface area (Å²) in [6.07, 6.45) is 0. The number of esters is 1. The summed E-state index contributed by atoms with van der Waals surface area (Å²) in [5, 5.41) is 5.09. The number of anilines is 2. The summed E-state index contributed by atoms with van der Waals surface area (Å²) in [4.78, 5) is 20.7. The Hall–Kier alpha value is -2.19. The average molecular weight is 348 g/mol. The molecular weight excluding hydrogens is 332 g/mol. The van der Waals surface area contributed by atoms with Gasteiger partial charge in [-0.3, -0.25) is 0 Å². The van der Waals surface area contributed by atoms with Gasteiger partial charge in [0.2, 0.25) is 0 Å². The van der Waals surface area contributed by atoms with Crippen LogP contribution >= 0.6 is 23.6 Å². The molecule has 3 rings (SSSR count). The molecule has 4 N–H and O–H groups in total. The zero-order chi connectivity index (χ0) is 16.6. The minimum Gasteiger partial charge on any atom is -0.463 e. The number of nitrogen functional groups attached to an aromatic ring is 1. The fraction of sp³-hybridized carbons (Fsp3) is 0.267. The van der Waals surface area contributed by atoms with Gasteiger partial charge in [0.15, 0.2) is 4.77 Å². The second-order valence-corrected chi connectivity index (χ2v) is 6.42. The summed E-state index contributed by atoms with van der Waals surface area (Å²) in [5.41, 5.74) is 8.10. The number of allylic oxidation sites excluding steroid dienone is 1. The van der Waals surface area contributed by atoms with Crippen molar-refractivity contribution in [2.45, 2.75) is 19.8 Å². The molecule has 0 radical (unpaired) electrons. The maximum atomic E-state index is 12.5. The van der Waals surface area contributed by atoms with Gasteiger partial charge in [-0.15, -0.1) is 11.3 Å². The van der Waals surface area contributed by atoms with Crippen LogP contribution in [0.3, 0.4) is 0 Å². The van der Waals surface area contributed by atoms with E-state index in [0.717, 1.165) is 10.4 Å². The Balaban J connectivity index is 2.24. The average Bonchev–Trinajstić information content (AvgIpc) is 2.99. The summed E-state index contributed by atoms with van der Waals surface area (Å²) in [6.45, 7) is 3.92. The van der Waals surface area contributed by atoms with Gasteiger partial charge in [0.1, 0.15) is 11.6 Å². The number of aromatic amines is 1. The number of nitrogens with zero attached hydrogens (tertiary/aromatic N) is 1. The number of fused-ring (bicyclic) bond motifs is 1. The largest absolute Gasteiger partial charge is 0.463 e. The van der Waals surface area contributed by atoms with Crippen LogP contribution in [-0.4, -0.2) is 22.5 Å². The highest BCUT2D eigenvalue weighted by atomic mass is 32.1. The number of carbonyl (C=O) groups is 1. The number of ether oxygens (including phenoxy) is 1. The highest BCUT2D eigenvalue weighted by Gasteiger charge is 2.36. The molecule has 0 saturated carbocycles. The van der Waals surface area contributed by atoms with Crippen molar-refractivity contribution in [1.82, 2.24) is 9.97 Å². The molecule has 0 amide bonds. The molecule has 0 aliphatic carbocycles. The van der Waals surface area contributed by atoms with E-state index in [9.17, 15) is 4.79 Å². The smallest absolute Gasteiger partial charge is 0.336 e. The lowest BCUT2D eigenvalue weighted by molar-refractivity contribution is -0.138. The first-order valence-corrected chi connectivity index (χ1v) is 8.39. The highest BCUT2D eigenvalue weighted by molar-refractivity contribution is 7.71. The zero-order valence-corrected chi connectivity index (χ0v) is 14.3. The lowest BCUT2D eigenvalue weighted by atomic mass is 9.86. The third-order valence-electron chi connectivity index (χ3n) is 3.61. The lowest BCUT2D eigenvalue weighted by Gasteiger charge is -2.29. The number of H-pyrrole nitrogens is 1. The van der Waals surface area contributed by atoms with Gasteiger partial charge in [0.25, 0.3) is 0 Å². The topological polar surface area (TPSA) is 93.0 Å². The molecule has 3 heterocycles. The minimum absolute atomic E-state index is 0.297. The van der Waals surface area contributed by atoms with Gasteiger partial charge >= 0.3 is 5.97 Å². The Morgan fingerprint density at radius 1 is 1.57 bits per heavy atom. The summed E-state index contributed by atoms with van der Waals surface area (Å²) in [7, 11) is 0. The fourth-order valence-electron chi connectivity index (χ4n) is 2.71. The van der Waals surface area contributed by atoms with Gasteiger partial charge in [-0.05, 0) is 37.5 Å². The molecule has 23 heavy (non-hydrogen) atoms. The molecule has 0 fully saturated rings. The predicted molar refractivity (Wildman–Crippen MR) is 93.0 cm³/mol. The molecule has 0 bridgehead atoms. The van der Waals surface area contributed by atoms with E-state index >= 15 is 0 Å². The first kappa shape index (κ1) is 15.7. The van der Waals surface area contributed by atoms with Crippen molar-refractivity contribution in [2.75, 3.05) is 17.7 Å². The van der Waals surface area contributed by atoms with Crippen LogP contribution in [-0.2, 0) is 9.53 Å². The van der Waals surface area contributed by atoms with Gasteiger partial charge in [0.05, 0.1) is 18.1 Å². The molecule has 1 unspecified atom stereocenters. The van der Waals surface area contributed by atoms with E-state index in [1.807, 2.05) is 24.4 Å². The maximum absolute atomic E-state index is 12.5. The van der Waals surface area contributed by atoms with Crippen LogP contribution in [0.1, 0.15) is 30.2 Å². The van der Waals surface area contributed by atoms with Gasteiger partial charge in [-0.25, -0.2) is 9.78 Å². The number of nitrogens with one attached hydrogen (secondary N) is 2. The van der Waals surface area contributed by atoms with Crippen molar-refractivity contribution in [1.29, 1.82) is 0 Å². The van der Waals surface area contributed by atoms with E-state index in [1.165, 1.54) is 0 Å². The van der Waals surface area contributed by atoms with E-state index in [1.54, 1.807) is 18.3 Å². The monoisotopic (exact) mass is 348 g/mol. The fourth-order valence-corrected chi connectivity index (χ4v) is 3.76. The molecule has 1 aliphatic rings. The third kappa shape index (κ3) is 2.75. The number of rotatable bonds is 3. The van der Waals surface area contributed by atoms with Gasteiger partial charge in [-0.2, -0.15) is 0 Å². The quantitative estimate of drug-likeness (QED) is 0.583. The Labute approximate surface area is 142 Å². The van der Waals surface area contributed by atoms with Gasteiger partial charge < -0.3 is 20.8 Å². The SMILES string of the molecule is CCOC(=O)C1=C(C)Nc2nc(=S)[nH]c(N)c2C1c1cccs1. The molecule has 1 aliphatic heterocycles. The molecule has 1 atom stereocenters. The Kier molecular flexibility index (Phi) is 4.18. The molecule has 0 aromatic carbocycles. The van der Waals surface area contributed by atoms with Crippen molar-refractivity contribution in [3.05, 3.63) is 44.0 Å². The Morgan fingerprint density at radius 2 is 2.35 bits per heavy atom. The first-order chi connectivity index (χ1) is 11.0. The molecule has 8 heteroatoms. The van der Waals surface area contributed by atoms with E-state index in [2.05, 4.69) is 15.3 Å².